The van der Waals surface area contributed by atoms with Crippen molar-refractivity contribution in [2.75, 3.05) is 5.73 Å². The molecule has 0 bridgehead atoms. The average molecular weight is 413 g/mol. The largest absolute Gasteiger partial charge is 0.487 e. The summed E-state index contributed by atoms with van der Waals surface area (Å²) in [7, 11) is 0. The summed E-state index contributed by atoms with van der Waals surface area (Å²) < 4.78 is 20.8. The number of nitrogens with two attached hydrogens (primary N) is 2. The monoisotopic (exact) mass is 412 g/mol. The van der Waals surface area contributed by atoms with Gasteiger partial charge in [-0.15, -0.1) is 0 Å². The highest BCUT2D eigenvalue weighted by Crippen LogP contribution is 2.31. The molecule has 0 aliphatic rings. The van der Waals surface area contributed by atoms with Crippen LogP contribution in [0.2, 0.25) is 5.02 Å². The molecular weight excluding hydrogens is 391 g/mol. The lowest BCUT2D eigenvalue weighted by Gasteiger charge is -2.15. The predicted molar refractivity (Wildman–Crippen MR) is 114 cm³/mol. The Hall–Kier alpha value is -2.89. The Bertz CT molecular complexity index is 1020. The highest BCUT2D eigenvalue weighted by molar-refractivity contribution is 6.35. The van der Waals surface area contributed by atoms with Crippen molar-refractivity contribution >= 4 is 23.1 Å². The van der Waals surface area contributed by atoms with Crippen molar-refractivity contribution in [1.29, 1.82) is 0 Å². The Kier molecular flexibility index (Phi) is 6.52. The summed E-state index contributed by atoms with van der Waals surface area (Å²) in [5.74, 6) is -0.903. The number of halogens is 2. The van der Waals surface area contributed by atoms with E-state index < -0.39 is 17.6 Å². The maximum Gasteiger partial charge on any atom is 0.197 e. The Labute approximate surface area is 174 Å². The molecule has 3 aromatic carbocycles. The van der Waals surface area contributed by atoms with Gasteiger partial charge in [0.05, 0.1) is 16.3 Å². The van der Waals surface area contributed by atoms with Crippen molar-refractivity contribution in [2.24, 2.45) is 5.73 Å². The van der Waals surface area contributed by atoms with Gasteiger partial charge in [0.1, 0.15) is 18.2 Å². The summed E-state index contributed by atoms with van der Waals surface area (Å²) in [5.41, 5.74) is 13.6. The second-order valence-corrected chi connectivity index (χ2v) is 7.10. The summed E-state index contributed by atoms with van der Waals surface area (Å²) >= 11 is 6.15. The lowest BCUT2D eigenvalue weighted by Crippen LogP contribution is -2.15. The molecule has 0 aliphatic heterocycles. The van der Waals surface area contributed by atoms with Gasteiger partial charge < -0.3 is 16.2 Å². The predicted octanol–water partition coefficient (Wildman–Crippen LogP) is 5.28. The van der Waals surface area contributed by atoms with E-state index >= 15 is 4.39 Å². The fourth-order valence-electron chi connectivity index (χ4n) is 2.96. The van der Waals surface area contributed by atoms with E-state index in [-0.39, 0.29) is 21.7 Å². The second-order valence-electron chi connectivity index (χ2n) is 6.70. The number of ether oxygens (including phenoxy) is 1. The van der Waals surface area contributed by atoms with E-state index in [0.29, 0.717) is 24.5 Å². The first-order valence-electron chi connectivity index (χ1n) is 9.26. The van der Waals surface area contributed by atoms with Crippen LogP contribution in [0.3, 0.4) is 0 Å². The van der Waals surface area contributed by atoms with E-state index in [9.17, 15) is 4.79 Å². The summed E-state index contributed by atoms with van der Waals surface area (Å²) in [6.45, 7) is 2.13. The Morgan fingerprint density at radius 1 is 1.14 bits per heavy atom. The molecule has 1 atom stereocenters. The fraction of sp³-hybridized carbons (Fsp3) is 0.174. The highest BCUT2D eigenvalue weighted by Gasteiger charge is 2.23. The molecule has 0 spiro atoms. The first-order chi connectivity index (χ1) is 13.9. The molecule has 0 unspecified atom stereocenters. The van der Waals surface area contributed by atoms with E-state index in [0.717, 1.165) is 5.56 Å². The number of hydrogen-bond donors (Lipinski definition) is 2. The first kappa shape index (κ1) is 20.8. The summed E-state index contributed by atoms with van der Waals surface area (Å²) in [6.07, 6.45) is 0.533. The third-order valence-corrected chi connectivity index (χ3v) is 5.02. The van der Waals surface area contributed by atoms with Gasteiger partial charge in [-0.25, -0.2) is 4.39 Å². The van der Waals surface area contributed by atoms with Crippen LogP contribution in [0.15, 0.2) is 60.7 Å². The number of nitrogen functional groups attached to an aromatic ring is 1. The van der Waals surface area contributed by atoms with Crippen molar-refractivity contribution in [3.8, 4) is 5.75 Å². The smallest absolute Gasteiger partial charge is 0.197 e. The van der Waals surface area contributed by atoms with Gasteiger partial charge in [-0.2, -0.15) is 0 Å². The molecule has 0 radical (unpaired) electrons. The number of ketones is 1. The lowest BCUT2D eigenvalue weighted by atomic mass is 9.96. The molecule has 3 rings (SSSR count). The zero-order valence-corrected chi connectivity index (χ0v) is 16.7. The van der Waals surface area contributed by atoms with Crippen molar-refractivity contribution in [3.63, 3.8) is 0 Å². The van der Waals surface area contributed by atoms with Crippen LogP contribution < -0.4 is 16.2 Å². The average Bonchev–Trinajstić information content (AvgIpc) is 2.73. The molecule has 0 saturated heterocycles. The van der Waals surface area contributed by atoms with Crippen LogP contribution in [0.5, 0.6) is 5.75 Å². The van der Waals surface area contributed by atoms with Crippen molar-refractivity contribution in [1.82, 2.24) is 0 Å². The fourth-order valence-corrected chi connectivity index (χ4v) is 3.20. The second kappa shape index (κ2) is 9.07. The minimum atomic E-state index is -0.694. The number of hydrogen-bond acceptors (Lipinski definition) is 4. The van der Waals surface area contributed by atoms with Gasteiger partial charge in [0, 0.05) is 17.2 Å². The standard InChI is InChI=1S/C23H22ClFN2O2/c1-2-18(26)16-9-10-17(24)21(22(16)25)23(28)15-8-11-19(27)20(12-15)29-13-14-6-4-3-5-7-14/h3-12,18H,2,13,26-27H2,1H3/t18-/m1/s1. The molecule has 0 aromatic heterocycles. The van der Waals surface area contributed by atoms with E-state index in [4.69, 9.17) is 27.8 Å². The summed E-state index contributed by atoms with van der Waals surface area (Å²) in [5, 5.41) is 0.0307. The molecule has 3 aromatic rings. The quantitative estimate of drug-likeness (QED) is 0.408. The Morgan fingerprint density at radius 2 is 1.86 bits per heavy atom. The van der Waals surface area contributed by atoms with E-state index in [1.54, 1.807) is 6.07 Å². The van der Waals surface area contributed by atoms with E-state index in [2.05, 4.69) is 0 Å². The van der Waals surface area contributed by atoms with Gasteiger partial charge in [0.25, 0.3) is 0 Å². The SMILES string of the molecule is CC[C@@H](N)c1ccc(Cl)c(C(=O)c2ccc(N)c(OCc3ccccc3)c2)c1F. The van der Waals surface area contributed by atoms with Gasteiger partial charge in [0.15, 0.2) is 5.78 Å². The summed E-state index contributed by atoms with van der Waals surface area (Å²) in [4.78, 5) is 13.0. The first-order valence-corrected chi connectivity index (χ1v) is 9.64. The van der Waals surface area contributed by atoms with Crippen molar-refractivity contribution in [2.45, 2.75) is 26.0 Å². The molecule has 150 valence electrons. The molecule has 0 fully saturated rings. The lowest BCUT2D eigenvalue weighted by molar-refractivity contribution is 0.103. The number of benzene rings is 3. The number of carbonyl (C=O) groups is 1. The molecule has 29 heavy (non-hydrogen) atoms. The molecule has 4 nitrogen and oxygen atoms in total. The van der Waals surface area contributed by atoms with Gasteiger partial charge in [-0.3, -0.25) is 4.79 Å². The summed E-state index contributed by atoms with van der Waals surface area (Å²) in [6, 6.07) is 16.6. The van der Waals surface area contributed by atoms with Gasteiger partial charge >= 0.3 is 0 Å². The van der Waals surface area contributed by atoms with Crippen LogP contribution in [-0.4, -0.2) is 5.78 Å². The van der Waals surface area contributed by atoms with Gasteiger partial charge in [0.2, 0.25) is 0 Å². The Balaban J connectivity index is 1.92. The van der Waals surface area contributed by atoms with Crippen LogP contribution in [0.25, 0.3) is 0 Å². The third kappa shape index (κ3) is 4.58. The van der Waals surface area contributed by atoms with Crippen LogP contribution in [0.1, 0.15) is 46.4 Å². The number of carbonyl (C=O) groups excluding carboxylic acids is 1. The molecular formula is C23H22ClFN2O2. The van der Waals surface area contributed by atoms with Crippen LogP contribution in [-0.2, 0) is 6.61 Å². The maximum absolute atomic E-state index is 15.0. The molecule has 0 amide bonds. The normalized spacial score (nSPS) is 11.9. The molecule has 6 heteroatoms. The zero-order chi connectivity index (χ0) is 21.0. The zero-order valence-electron chi connectivity index (χ0n) is 16.0. The number of anilines is 1. The third-order valence-electron chi connectivity index (χ3n) is 4.70. The van der Waals surface area contributed by atoms with Crippen molar-refractivity contribution in [3.05, 3.63) is 93.8 Å². The number of rotatable bonds is 7. The van der Waals surface area contributed by atoms with Crippen LogP contribution >= 0.6 is 11.6 Å². The molecule has 0 saturated carbocycles. The minimum absolute atomic E-state index is 0.0307. The Morgan fingerprint density at radius 3 is 2.55 bits per heavy atom. The maximum atomic E-state index is 15.0. The minimum Gasteiger partial charge on any atom is -0.487 e. The van der Waals surface area contributed by atoms with E-state index in [1.807, 2.05) is 37.3 Å². The van der Waals surface area contributed by atoms with Gasteiger partial charge in [-0.05, 0) is 36.2 Å². The highest BCUT2D eigenvalue weighted by atomic mass is 35.5. The van der Waals surface area contributed by atoms with Crippen LogP contribution in [0.4, 0.5) is 10.1 Å². The van der Waals surface area contributed by atoms with Crippen LogP contribution in [0, 0.1) is 5.82 Å². The van der Waals surface area contributed by atoms with Crippen molar-refractivity contribution < 1.29 is 13.9 Å². The molecule has 4 N–H and O–H groups in total. The van der Waals surface area contributed by atoms with Gasteiger partial charge in [-0.1, -0.05) is 54.9 Å². The topological polar surface area (TPSA) is 78.3 Å². The molecule has 0 aliphatic carbocycles. The van der Waals surface area contributed by atoms with E-state index in [1.165, 1.54) is 24.3 Å². The molecule has 0 heterocycles.